The second-order valence-electron chi connectivity index (χ2n) is 6.96. The normalized spacial score (nSPS) is 20.2. The number of carbonyl (C=O) groups excluding carboxylic acids is 1. The molecule has 0 spiro atoms. The van der Waals surface area contributed by atoms with Crippen molar-refractivity contribution in [2.75, 3.05) is 44.2 Å². The third-order valence-electron chi connectivity index (χ3n) is 5.53. The average Bonchev–Trinajstić information content (AvgIpc) is 3.24. The summed E-state index contributed by atoms with van der Waals surface area (Å²) in [6, 6.07) is 8.69. The molecule has 138 valence electrons. The molecule has 3 heterocycles. The lowest BCUT2D eigenvalue weighted by molar-refractivity contribution is -0.143. The molecule has 1 aromatic heterocycles. The second-order valence-corrected chi connectivity index (χ2v) is 6.96. The van der Waals surface area contributed by atoms with Gasteiger partial charge in [0.15, 0.2) is 0 Å². The number of piperazine rings is 1. The molecule has 0 atom stereocenters. The number of nitrogens with one attached hydrogen (secondary N) is 1. The molecule has 2 aromatic rings. The van der Waals surface area contributed by atoms with Crippen molar-refractivity contribution in [2.24, 2.45) is 0 Å². The molecular weight excluding hydrogens is 333 g/mol. The molecule has 6 nitrogen and oxygen atoms in total. The summed E-state index contributed by atoms with van der Waals surface area (Å²) in [6.45, 7) is 4.09. The fraction of sp³-hybridized carbons (Fsp3) is 0.474. The van der Waals surface area contributed by atoms with Crippen molar-refractivity contribution >= 4 is 11.6 Å². The van der Waals surface area contributed by atoms with E-state index in [0.717, 1.165) is 25.9 Å². The number of benzene rings is 1. The number of piperidine rings is 1. The Bertz CT molecular complexity index is 749. The molecule has 1 amide bonds. The molecule has 0 aliphatic carbocycles. The van der Waals surface area contributed by atoms with Gasteiger partial charge in [0.05, 0.1) is 5.69 Å². The van der Waals surface area contributed by atoms with Crippen LogP contribution in [0.1, 0.15) is 12.8 Å². The van der Waals surface area contributed by atoms with Crippen LogP contribution in [0.25, 0.3) is 0 Å². The van der Waals surface area contributed by atoms with Crippen LogP contribution in [0.15, 0.2) is 42.7 Å². The van der Waals surface area contributed by atoms with Crippen LogP contribution in [0.2, 0.25) is 0 Å². The lowest BCUT2D eigenvalue weighted by atomic mass is 9.86. The summed E-state index contributed by atoms with van der Waals surface area (Å²) in [5.74, 6) is -0.0745. The molecule has 0 saturated carbocycles. The van der Waals surface area contributed by atoms with Gasteiger partial charge < -0.3 is 15.1 Å². The largest absolute Gasteiger partial charge is 0.366 e. The Morgan fingerprint density at radius 1 is 1.08 bits per heavy atom. The van der Waals surface area contributed by atoms with E-state index in [1.165, 1.54) is 6.07 Å². The van der Waals surface area contributed by atoms with Crippen molar-refractivity contribution < 1.29 is 9.18 Å². The molecule has 0 unspecified atom stereocenters. The smallest absolute Gasteiger partial charge is 0.250 e. The van der Waals surface area contributed by atoms with E-state index in [-0.39, 0.29) is 11.7 Å². The number of para-hydroxylation sites is 1. The van der Waals surface area contributed by atoms with E-state index >= 15 is 0 Å². The molecule has 26 heavy (non-hydrogen) atoms. The highest BCUT2D eigenvalue weighted by molar-refractivity contribution is 5.85. The van der Waals surface area contributed by atoms with Gasteiger partial charge in [0.25, 0.3) is 5.91 Å². The van der Waals surface area contributed by atoms with Gasteiger partial charge in [-0.3, -0.25) is 9.48 Å². The van der Waals surface area contributed by atoms with Crippen molar-refractivity contribution in [1.82, 2.24) is 20.0 Å². The summed E-state index contributed by atoms with van der Waals surface area (Å²) in [6.07, 6.45) is 5.09. The van der Waals surface area contributed by atoms with E-state index in [0.29, 0.717) is 31.9 Å². The van der Waals surface area contributed by atoms with Gasteiger partial charge in [0, 0.05) is 38.6 Å². The first kappa shape index (κ1) is 17.0. The van der Waals surface area contributed by atoms with Crippen LogP contribution in [0.3, 0.4) is 0 Å². The minimum Gasteiger partial charge on any atom is -0.366 e. The SMILES string of the molecule is O=C(N1CCN(c2ccccc2F)CC1)C1(n2cccn2)CCNCC1. The topological polar surface area (TPSA) is 53.4 Å². The number of nitrogens with zero attached hydrogens (tertiary/aromatic N) is 4. The number of amides is 1. The maximum atomic E-state index is 14.0. The van der Waals surface area contributed by atoms with Crippen LogP contribution in [-0.2, 0) is 10.3 Å². The van der Waals surface area contributed by atoms with Gasteiger partial charge in [-0.15, -0.1) is 0 Å². The molecule has 0 radical (unpaired) electrons. The van der Waals surface area contributed by atoms with E-state index < -0.39 is 5.54 Å². The van der Waals surface area contributed by atoms with Gasteiger partial charge in [-0.1, -0.05) is 12.1 Å². The van der Waals surface area contributed by atoms with Gasteiger partial charge in [-0.05, 0) is 44.1 Å². The summed E-state index contributed by atoms with van der Waals surface area (Å²) < 4.78 is 15.9. The van der Waals surface area contributed by atoms with Crippen LogP contribution >= 0.6 is 0 Å². The zero-order chi connectivity index (χ0) is 18.0. The highest BCUT2D eigenvalue weighted by atomic mass is 19.1. The standard InChI is InChI=1S/C19H24FN5O/c20-16-4-1-2-5-17(16)23-12-14-24(15-13-23)18(26)19(6-9-21-10-7-19)25-11-3-8-22-25/h1-5,8,11,21H,6-7,9-10,12-15H2. The summed E-state index contributed by atoms with van der Waals surface area (Å²) in [5, 5.41) is 7.72. The summed E-state index contributed by atoms with van der Waals surface area (Å²) >= 11 is 0. The molecule has 1 N–H and O–H groups in total. The van der Waals surface area contributed by atoms with Crippen molar-refractivity contribution in [2.45, 2.75) is 18.4 Å². The lowest BCUT2D eigenvalue weighted by Gasteiger charge is -2.43. The maximum absolute atomic E-state index is 14.0. The Morgan fingerprint density at radius 2 is 1.81 bits per heavy atom. The Kier molecular flexibility index (Phi) is 4.63. The number of hydrogen-bond donors (Lipinski definition) is 1. The third kappa shape index (κ3) is 2.96. The van der Waals surface area contributed by atoms with E-state index in [1.807, 2.05) is 32.8 Å². The Balaban J connectivity index is 1.49. The molecule has 2 aliphatic rings. The fourth-order valence-corrected chi connectivity index (χ4v) is 4.06. The first-order valence-electron chi connectivity index (χ1n) is 9.20. The van der Waals surface area contributed by atoms with Gasteiger partial charge in [0.1, 0.15) is 11.4 Å². The first-order chi connectivity index (χ1) is 12.7. The highest BCUT2D eigenvalue weighted by Gasteiger charge is 2.45. The van der Waals surface area contributed by atoms with E-state index in [9.17, 15) is 9.18 Å². The van der Waals surface area contributed by atoms with E-state index in [2.05, 4.69) is 10.4 Å². The quantitative estimate of drug-likeness (QED) is 0.903. The minimum absolute atomic E-state index is 0.135. The molecule has 0 bridgehead atoms. The highest BCUT2D eigenvalue weighted by Crippen LogP contribution is 2.30. The Hall–Kier alpha value is -2.41. The molecular formula is C19H24FN5O. The Labute approximate surface area is 152 Å². The zero-order valence-electron chi connectivity index (χ0n) is 14.8. The molecule has 4 rings (SSSR count). The van der Waals surface area contributed by atoms with Gasteiger partial charge in [-0.25, -0.2) is 4.39 Å². The Morgan fingerprint density at radius 3 is 2.46 bits per heavy atom. The fourth-order valence-electron chi connectivity index (χ4n) is 4.06. The maximum Gasteiger partial charge on any atom is 0.250 e. The van der Waals surface area contributed by atoms with Crippen LogP contribution in [-0.4, -0.2) is 59.9 Å². The number of rotatable bonds is 3. The van der Waals surface area contributed by atoms with Crippen LogP contribution in [0.4, 0.5) is 10.1 Å². The third-order valence-corrected chi connectivity index (χ3v) is 5.53. The number of halogens is 1. The van der Waals surface area contributed by atoms with Crippen molar-refractivity contribution in [3.8, 4) is 0 Å². The monoisotopic (exact) mass is 357 g/mol. The predicted molar refractivity (Wildman–Crippen MR) is 97.5 cm³/mol. The van der Waals surface area contributed by atoms with Crippen molar-refractivity contribution in [3.05, 3.63) is 48.5 Å². The van der Waals surface area contributed by atoms with Crippen LogP contribution in [0.5, 0.6) is 0 Å². The van der Waals surface area contributed by atoms with Gasteiger partial charge >= 0.3 is 0 Å². The average molecular weight is 357 g/mol. The number of carbonyl (C=O) groups is 1. The van der Waals surface area contributed by atoms with Crippen molar-refractivity contribution in [3.63, 3.8) is 0 Å². The number of hydrogen-bond acceptors (Lipinski definition) is 4. The summed E-state index contributed by atoms with van der Waals surface area (Å²) in [4.78, 5) is 17.4. The predicted octanol–water partition coefficient (Wildman–Crippen LogP) is 1.45. The van der Waals surface area contributed by atoms with E-state index in [4.69, 9.17) is 0 Å². The second kappa shape index (κ2) is 7.07. The molecule has 1 aromatic carbocycles. The number of anilines is 1. The number of aromatic nitrogens is 2. The zero-order valence-corrected chi connectivity index (χ0v) is 14.8. The molecule has 7 heteroatoms. The van der Waals surface area contributed by atoms with E-state index in [1.54, 1.807) is 18.3 Å². The van der Waals surface area contributed by atoms with Crippen molar-refractivity contribution in [1.29, 1.82) is 0 Å². The van der Waals surface area contributed by atoms with Gasteiger partial charge in [0.2, 0.25) is 0 Å². The molecule has 2 saturated heterocycles. The minimum atomic E-state index is -0.602. The van der Waals surface area contributed by atoms with Crippen LogP contribution < -0.4 is 10.2 Å². The molecule has 2 aliphatic heterocycles. The summed E-state index contributed by atoms with van der Waals surface area (Å²) in [5.41, 5.74) is 0.0119. The van der Waals surface area contributed by atoms with Crippen LogP contribution in [0, 0.1) is 5.82 Å². The lowest BCUT2D eigenvalue weighted by Crippen LogP contribution is -2.59. The summed E-state index contributed by atoms with van der Waals surface area (Å²) in [7, 11) is 0. The van der Waals surface area contributed by atoms with Gasteiger partial charge in [-0.2, -0.15) is 5.10 Å². The molecule has 2 fully saturated rings. The first-order valence-corrected chi connectivity index (χ1v) is 9.20.